The molecule has 0 bridgehead atoms. The van der Waals surface area contributed by atoms with E-state index in [9.17, 15) is 4.79 Å². The van der Waals surface area contributed by atoms with Gasteiger partial charge in [0.25, 0.3) is 5.56 Å². The van der Waals surface area contributed by atoms with Gasteiger partial charge in [-0.3, -0.25) is 4.79 Å². The zero-order valence-corrected chi connectivity index (χ0v) is 11.3. The van der Waals surface area contributed by atoms with E-state index in [-0.39, 0.29) is 5.56 Å². The van der Waals surface area contributed by atoms with Crippen molar-refractivity contribution < 1.29 is 9.47 Å². The number of hydrogen-bond donors (Lipinski definition) is 1. The van der Waals surface area contributed by atoms with Crippen LogP contribution in [-0.2, 0) is 6.42 Å². The van der Waals surface area contributed by atoms with Crippen LogP contribution in [-0.4, -0.2) is 23.2 Å². The minimum atomic E-state index is -0.0771. The number of rotatable bonds is 3. The maximum Gasteiger partial charge on any atom is 0.254 e. The molecule has 3 rings (SSSR count). The first kappa shape index (κ1) is 12.7. The van der Waals surface area contributed by atoms with Crippen molar-refractivity contribution in [3.63, 3.8) is 0 Å². The van der Waals surface area contributed by atoms with Crippen molar-refractivity contribution in [2.24, 2.45) is 0 Å². The summed E-state index contributed by atoms with van der Waals surface area (Å²) in [6.07, 6.45) is 3.03. The summed E-state index contributed by atoms with van der Waals surface area (Å²) in [5.41, 5.74) is 2.23. The molecule has 20 heavy (non-hydrogen) atoms. The van der Waals surface area contributed by atoms with Crippen LogP contribution in [0, 0.1) is 0 Å². The predicted octanol–water partition coefficient (Wildman–Crippen LogP) is 2.16. The van der Waals surface area contributed by atoms with Gasteiger partial charge >= 0.3 is 0 Å². The Morgan fingerprint density at radius 3 is 2.85 bits per heavy atom. The average molecular weight is 272 g/mol. The maximum absolute atomic E-state index is 11.9. The van der Waals surface area contributed by atoms with Crippen LogP contribution in [0.15, 0.2) is 29.3 Å². The lowest BCUT2D eigenvalue weighted by atomic mass is 10.0. The molecule has 1 N–H and O–H groups in total. The summed E-state index contributed by atoms with van der Waals surface area (Å²) in [4.78, 5) is 18.9. The molecule has 5 heteroatoms. The largest absolute Gasteiger partial charge is 0.486 e. The standard InChI is InChI=1S/C15H16N2O3/c1-2-3-11-14(16-9-17-15(11)18)10-4-5-12-13(8-10)20-7-6-19-12/h4-5,8-9H,2-3,6-7H2,1H3,(H,16,17,18). The topological polar surface area (TPSA) is 64.2 Å². The van der Waals surface area contributed by atoms with Crippen LogP contribution in [0.1, 0.15) is 18.9 Å². The SMILES string of the molecule is CCCc1c(-c2ccc3c(c2)OCCO3)nc[nH]c1=O. The third-order valence-corrected chi connectivity index (χ3v) is 3.26. The molecule has 2 heterocycles. The van der Waals surface area contributed by atoms with Crippen LogP contribution in [0.25, 0.3) is 11.3 Å². The smallest absolute Gasteiger partial charge is 0.254 e. The van der Waals surface area contributed by atoms with E-state index >= 15 is 0 Å². The Kier molecular flexibility index (Phi) is 3.41. The summed E-state index contributed by atoms with van der Waals surface area (Å²) in [6.45, 7) is 3.15. The van der Waals surface area contributed by atoms with Gasteiger partial charge in [0.15, 0.2) is 11.5 Å². The van der Waals surface area contributed by atoms with Crippen molar-refractivity contribution in [3.05, 3.63) is 40.4 Å². The van der Waals surface area contributed by atoms with Gasteiger partial charge in [0.05, 0.1) is 12.0 Å². The molecule has 2 aromatic rings. The van der Waals surface area contributed by atoms with Crippen molar-refractivity contribution >= 4 is 0 Å². The highest BCUT2D eigenvalue weighted by atomic mass is 16.6. The number of ether oxygens (including phenoxy) is 2. The average Bonchev–Trinajstić information content (AvgIpc) is 2.49. The monoisotopic (exact) mass is 272 g/mol. The van der Waals surface area contributed by atoms with Crippen molar-refractivity contribution in [3.8, 4) is 22.8 Å². The van der Waals surface area contributed by atoms with E-state index in [2.05, 4.69) is 9.97 Å². The molecule has 0 unspecified atom stereocenters. The van der Waals surface area contributed by atoms with Crippen LogP contribution in [0.3, 0.4) is 0 Å². The maximum atomic E-state index is 11.9. The molecule has 1 aromatic heterocycles. The number of H-pyrrole nitrogens is 1. The molecule has 0 spiro atoms. The van der Waals surface area contributed by atoms with E-state index in [1.54, 1.807) is 0 Å². The molecule has 0 saturated heterocycles. The van der Waals surface area contributed by atoms with Crippen molar-refractivity contribution in [1.29, 1.82) is 0 Å². The molecule has 0 fully saturated rings. The van der Waals surface area contributed by atoms with Gasteiger partial charge < -0.3 is 14.5 Å². The number of aromatic nitrogens is 2. The Bertz CT molecular complexity index is 679. The minimum absolute atomic E-state index is 0.0771. The van der Waals surface area contributed by atoms with Gasteiger partial charge in [-0.1, -0.05) is 13.3 Å². The Hall–Kier alpha value is -2.30. The Balaban J connectivity index is 2.09. The van der Waals surface area contributed by atoms with Crippen molar-refractivity contribution in [2.75, 3.05) is 13.2 Å². The molecule has 1 aliphatic rings. The zero-order valence-electron chi connectivity index (χ0n) is 11.3. The Morgan fingerprint density at radius 1 is 1.25 bits per heavy atom. The van der Waals surface area contributed by atoms with Gasteiger partial charge in [-0.05, 0) is 24.6 Å². The predicted molar refractivity (Wildman–Crippen MR) is 75.3 cm³/mol. The van der Waals surface area contributed by atoms with E-state index in [0.29, 0.717) is 36.6 Å². The van der Waals surface area contributed by atoms with Crippen LogP contribution < -0.4 is 15.0 Å². The Morgan fingerprint density at radius 2 is 2.05 bits per heavy atom. The highest BCUT2D eigenvalue weighted by molar-refractivity contribution is 5.66. The van der Waals surface area contributed by atoms with Gasteiger partial charge in [-0.15, -0.1) is 0 Å². The molecule has 104 valence electrons. The summed E-state index contributed by atoms with van der Waals surface area (Å²) >= 11 is 0. The first-order valence-electron chi connectivity index (χ1n) is 6.76. The van der Waals surface area contributed by atoms with E-state index in [4.69, 9.17) is 9.47 Å². The van der Waals surface area contributed by atoms with Gasteiger partial charge in [-0.25, -0.2) is 4.98 Å². The fraction of sp³-hybridized carbons (Fsp3) is 0.333. The lowest BCUT2D eigenvalue weighted by Crippen LogP contribution is -2.16. The lowest BCUT2D eigenvalue weighted by Gasteiger charge is -2.19. The molecular weight excluding hydrogens is 256 g/mol. The molecule has 0 aliphatic carbocycles. The molecule has 5 nitrogen and oxygen atoms in total. The first-order chi connectivity index (χ1) is 9.79. The molecule has 1 aromatic carbocycles. The number of fused-ring (bicyclic) bond motifs is 1. The summed E-state index contributed by atoms with van der Waals surface area (Å²) in [5.74, 6) is 1.44. The van der Waals surface area contributed by atoms with Crippen LogP contribution in [0.5, 0.6) is 11.5 Å². The van der Waals surface area contributed by atoms with Crippen LogP contribution in [0.2, 0.25) is 0 Å². The third-order valence-electron chi connectivity index (χ3n) is 3.26. The molecule has 0 atom stereocenters. The minimum Gasteiger partial charge on any atom is -0.486 e. The van der Waals surface area contributed by atoms with Gasteiger partial charge in [0.2, 0.25) is 0 Å². The fourth-order valence-electron chi connectivity index (χ4n) is 2.35. The number of benzene rings is 1. The summed E-state index contributed by atoms with van der Waals surface area (Å²) in [6, 6.07) is 5.66. The molecule has 1 aliphatic heterocycles. The summed E-state index contributed by atoms with van der Waals surface area (Å²) in [7, 11) is 0. The quantitative estimate of drug-likeness (QED) is 0.930. The second kappa shape index (κ2) is 5.36. The normalized spacial score (nSPS) is 13.2. The number of aromatic amines is 1. The number of hydrogen-bond acceptors (Lipinski definition) is 4. The van der Waals surface area contributed by atoms with Gasteiger partial charge in [0, 0.05) is 11.1 Å². The number of nitrogens with one attached hydrogen (secondary N) is 1. The summed E-state index contributed by atoms with van der Waals surface area (Å²) < 4.78 is 11.1. The second-order valence-electron chi connectivity index (χ2n) is 4.67. The molecule has 0 saturated carbocycles. The van der Waals surface area contributed by atoms with Gasteiger partial charge in [0.1, 0.15) is 13.2 Å². The van der Waals surface area contributed by atoms with Crippen molar-refractivity contribution in [1.82, 2.24) is 9.97 Å². The van der Waals surface area contributed by atoms with Crippen LogP contribution in [0.4, 0.5) is 0 Å². The van der Waals surface area contributed by atoms with E-state index in [0.717, 1.165) is 17.7 Å². The summed E-state index contributed by atoms with van der Waals surface area (Å²) in [5, 5.41) is 0. The lowest BCUT2D eigenvalue weighted by molar-refractivity contribution is 0.171. The Labute approximate surface area is 116 Å². The van der Waals surface area contributed by atoms with E-state index < -0.39 is 0 Å². The molecular formula is C15H16N2O3. The van der Waals surface area contributed by atoms with E-state index in [1.807, 2.05) is 25.1 Å². The highest BCUT2D eigenvalue weighted by Crippen LogP contribution is 2.34. The van der Waals surface area contributed by atoms with Gasteiger partial charge in [-0.2, -0.15) is 0 Å². The highest BCUT2D eigenvalue weighted by Gasteiger charge is 2.15. The molecule has 0 amide bonds. The van der Waals surface area contributed by atoms with E-state index in [1.165, 1.54) is 6.33 Å². The second-order valence-corrected chi connectivity index (χ2v) is 4.67. The van der Waals surface area contributed by atoms with Crippen molar-refractivity contribution in [2.45, 2.75) is 19.8 Å². The van der Waals surface area contributed by atoms with Crippen LogP contribution >= 0.6 is 0 Å². The molecule has 0 radical (unpaired) electrons. The third kappa shape index (κ3) is 2.27. The first-order valence-corrected chi connectivity index (χ1v) is 6.76. The zero-order chi connectivity index (χ0) is 13.9. The fourth-order valence-corrected chi connectivity index (χ4v) is 2.35. The number of nitrogens with zero attached hydrogens (tertiary/aromatic N) is 1.